The number of nitrogens with one attached hydrogen (secondary N) is 1. The van der Waals surface area contributed by atoms with Crippen LogP contribution >= 0.6 is 57.7 Å². The molecule has 244 valence electrons. The highest BCUT2D eigenvalue weighted by atomic mass is 35.5. The van der Waals surface area contributed by atoms with Crippen molar-refractivity contribution in [2.45, 2.75) is 70.1 Å². The average molecular weight is 716 g/mol. The Kier molecular flexibility index (Phi) is 13.1. The summed E-state index contributed by atoms with van der Waals surface area (Å²) >= 11 is 26.2. The van der Waals surface area contributed by atoms with Crippen LogP contribution in [0.5, 0.6) is 0 Å². The zero-order valence-corrected chi connectivity index (χ0v) is 29.1. The first-order valence-corrected chi connectivity index (χ1v) is 17.3. The lowest BCUT2D eigenvalue weighted by molar-refractivity contribution is -0.149. The van der Waals surface area contributed by atoms with E-state index >= 15 is 0 Å². The van der Waals surface area contributed by atoms with Gasteiger partial charge in [-0.25, -0.2) is 0 Å². The highest BCUT2D eigenvalue weighted by molar-refractivity contribution is 7.13. The van der Waals surface area contributed by atoms with Gasteiger partial charge in [-0.05, 0) is 73.4 Å². The molecule has 0 saturated carbocycles. The molecule has 2 amide bonds. The normalized spacial score (nSPS) is 18.2. The number of rotatable bonds is 13. The molecular weight excluding hydrogens is 676 g/mol. The highest BCUT2D eigenvalue weighted by Crippen LogP contribution is 2.28. The Morgan fingerprint density at radius 2 is 1.62 bits per heavy atom. The molecule has 2 aromatic carbocycles. The molecule has 0 radical (unpaired) electrons. The lowest BCUT2D eigenvalue weighted by atomic mass is 9.93. The number of anilines is 1. The minimum atomic E-state index is -0.815. The molecule has 1 fully saturated rings. The standard InChI is InChI=1S/C31H39Cl4N7O2S/c1-18(2)10-23-16-41(30(44)28(37)13-20-6-7-21(32)14-25(20)34)22(4-3-9-38-31-40-39-17-45-31)15-42(23)29(43)27(36)12-19-5-8-24(33)26(35)11-19/h5-8,11,14,17-18,22-23,27-28H,3-4,9-10,12-13,15-16,36-37H2,1-2H3,(H,38,40)/t22-,23+,27?,28?/m0/s1. The third-order valence-electron chi connectivity index (χ3n) is 7.89. The first-order valence-electron chi connectivity index (χ1n) is 14.9. The molecule has 9 nitrogen and oxygen atoms in total. The molecular formula is C31H39Cl4N7O2S. The fraction of sp³-hybridized carbons (Fsp3) is 0.484. The van der Waals surface area contributed by atoms with Gasteiger partial charge in [0.1, 0.15) is 5.51 Å². The Balaban J connectivity index is 1.54. The van der Waals surface area contributed by atoms with Gasteiger partial charge in [-0.15, -0.1) is 10.2 Å². The number of piperazine rings is 1. The van der Waals surface area contributed by atoms with Crippen molar-refractivity contribution < 1.29 is 9.59 Å². The lowest BCUT2D eigenvalue weighted by Gasteiger charge is -2.48. The number of nitrogens with zero attached hydrogens (tertiary/aromatic N) is 4. The van der Waals surface area contributed by atoms with Crippen LogP contribution in [0.2, 0.25) is 20.1 Å². The molecule has 1 aliphatic rings. The van der Waals surface area contributed by atoms with Crippen molar-refractivity contribution in [1.29, 1.82) is 0 Å². The van der Waals surface area contributed by atoms with Gasteiger partial charge < -0.3 is 26.6 Å². The number of carbonyl (C=O) groups excluding carboxylic acids is 2. The molecule has 1 aromatic heterocycles. The predicted molar refractivity (Wildman–Crippen MR) is 184 cm³/mol. The van der Waals surface area contributed by atoms with Gasteiger partial charge >= 0.3 is 0 Å². The second kappa shape index (κ2) is 16.6. The van der Waals surface area contributed by atoms with Crippen LogP contribution < -0.4 is 16.8 Å². The summed E-state index contributed by atoms with van der Waals surface area (Å²) in [6, 6.07) is 8.36. The second-order valence-corrected chi connectivity index (χ2v) is 14.3. The molecule has 1 aliphatic heterocycles. The van der Waals surface area contributed by atoms with Crippen LogP contribution in [0.4, 0.5) is 5.13 Å². The Morgan fingerprint density at radius 3 is 2.27 bits per heavy atom. The molecule has 1 saturated heterocycles. The maximum absolute atomic E-state index is 14.0. The number of halogens is 4. The summed E-state index contributed by atoms with van der Waals surface area (Å²) in [5, 5.41) is 13.7. The molecule has 45 heavy (non-hydrogen) atoms. The zero-order chi connectivity index (χ0) is 32.7. The Labute approximate surface area is 288 Å². The summed E-state index contributed by atoms with van der Waals surface area (Å²) in [7, 11) is 0. The van der Waals surface area contributed by atoms with Crippen LogP contribution in [-0.2, 0) is 22.4 Å². The summed E-state index contributed by atoms with van der Waals surface area (Å²) < 4.78 is 0. The van der Waals surface area contributed by atoms with Crippen molar-refractivity contribution in [1.82, 2.24) is 20.0 Å². The van der Waals surface area contributed by atoms with Crippen LogP contribution in [0, 0.1) is 5.92 Å². The van der Waals surface area contributed by atoms with E-state index in [1.54, 1.807) is 35.8 Å². The van der Waals surface area contributed by atoms with Crippen LogP contribution in [-0.4, -0.2) is 75.6 Å². The summed E-state index contributed by atoms with van der Waals surface area (Å²) in [4.78, 5) is 31.7. The number of hydrogen-bond acceptors (Lipinski definition) is 8. The van der Waals surface area contributed by atoms with E-state index in [2.05, 4.69) is 29.4 Å². The monoisotopic (exact) mass is 713 g/mol. The topological polar surface area (TPSA) is 130 Å². The van der Waals surface area contributed by atoms with Gasteiger partial charge in [0.2, 0.25) is 16.9 Å². The maximum Gasteiger partial charge on any atom is 0.240 e. The molecule has 4 rings (SSSR count). The molecule has 0 spiro atoms. The van der Waals surface area contributed by atoms with Gasteiger partial charge in [0.05, 0.1) is 22.1 Å². The third-order valence-corrected chi connectivity index (χ3v) is 9.86. The van der Waals surface area contributed by atoms with Crippen molar-refractivity contribution in [2.75, 3.05) is 25.0 Å². The number of hydrogen-bond donors (Lipinski definition) is 3. The van der Waals surface area contributed by atoms with E-state index in [4.69, 9.17) is 57.9 Å². The van der Waals surface area contributed by atoms with E-state index < -0.39 is 12.1 Å². The fourth-order valence-corrected chi connectivity index (χ4v) is 6.99. The van der Waals surface area contributed by atoms with Crippen LogP contribution in [0.3, 0.4) is 0 Å². The van der Waals surface area contributed by atoms with E-state index in [0.29, 0.717) is 59.0 Å². The number of aromatic nitrogens is 2. The van der Waals surface area contributed by atoms with Crippen molar-refractivity contribution in [3.05, 3.63) is 73.1 Å². The SMILES string of the molecule is CC(C)C[C@@H]1CN(C(=O)C(N)Cc2ccc(Cl)cc2Cl)[C@@H](CCCNc2nncs2)CN1C(=O)C(N)Cc1ccc(Cl)c(Cl)c1. The second-order valence-electron chi connectivity index (χ2n) is 11.8. The van der Waals surface area contributed by atoms with E-state index in [1.807, 2.05) is 15.9 Å². The van der Waals surface area contributed by atoms with Gasteiger partial charge in [0, 0.05) is 41.8 Å². The van der Waals surface area contributed by atoms with Crippen LogP contribution in [0.1, 0.15) is 44.2 Å². The van der Waals surface area contributed by atoms with E-state index in [0.717, 1.165) is 22.7 Å². The summed E-state index contributed by atoms with van der Waals surface area (Å²) in [6.07, 6.45) is 2.67. The van der Waals surface area contributed by atoms with Gasteiger partial charge in [0.15, 0.2) is 0 Å². The van der Waals surface area contributed by atoms with Gasteiger partial charge in [-0.2, -0.15) is 0 Å². The zero-order valence-electron chi connectivity index (χ0n) is 25.3. The number of amides is 2. The van der Waals surface area contributed by atoms with Gasteiger partial charge in [-0.1, -0.05) is 83.7 Å². The number of carbonyl (C=O) groups is 2. The minimum Gasteiger partial charge on any atom is -0.360 e. The molecule has 5 N–H and O–H groups in total. The third kappa shape index (κ3) is 9.91. The van der Waals surface area contributed by atoms with Crippen molar-refractivity contribution in [2.24, 2.45) is 17.4 Å². The molecule has 14 heteroatoms. The quantitative estimate of drug-likeness (QED) is 0.187. The van der Waals surface area contributed by atoms with Gasteiger partial charge in [-0.3, -0.25) is 9.59 Å². The summed E-state index contributed by atoms with van der Waals surface area (Å²) in [6.45, 7) is 5.55. The highest BCUT2D eigenvalue weighted by Gasteiger charge is 2.41. The van der Waals surface area contributed by atoms with Crippen LogP contribution in [0.15, 0.2) is 41.9 Å². The molecule has 0 aliphatic carbocycles. The first kappa shape index (κ1) is 35.7. The molecule has 3 aromatic rings. The largest absolute Gasteiger partial charge is 0.360 e. The lowest BCUT2D eigenvalue weighted by Crippen LogP contribution is -2.65. The average Bonchev–Trinajstić information content (AvgIpc) is 3.51. The summed E-state index contributed by atoms with van der Waals surface area (Å²) in [5.41, 5.74) is 16.3. The Bertz CT molecular complexity index is 1450. The fourth-order valence-electron chi connectivity index (χ4n) is 5.71. The maximum atomic E-state index is 14.0. The predicted octanol–water partition coefficient (Wildman–Crippen LogP) is 5.94. The molecule has 2 heterocycles. The Hall–Kier alpha value is -2.18. The number of nitrogens with two attached hydrogens (primary N) is 2. The Morgan fingerprint density at radius 1 is 0.933 bits per heavy atom. The smallest absolute Gasteiger partial charge is 0.240 e. The van der Waals surface area contributed by atoms with Crippen molar-refractivity contribution >= 4 is 74.7 Å². The van der Waals surface area contributed by atoms with Crippen molar-refractivity contribution in [3.63, 3.8) is 0 Å². The molecule has 4 atom stereocenters. The summed E-state index contributed by atoms with van der Waals surface area (Å²) in [5.74, 6) is -0.0557. The molecule has 0 bridgehead atoms. The van der Waals surface area contributed by atoms with E-state index in [1.165, 1.54) is 11.3 Å². The van der Waals surface area contributed by atoms with Crippen molar-refractivity contribution in [3.8, 4) is 0 Å². The van der Waals surface area contributed by atoms with E-state index in [-0.39, 0.29) is 36.2 Å². The first-order chi connectivity index (χ1) is 21.4. The minimum absolute atomic E-state index is 0.159. The van der Waals surface area contributed by atoms with E-state index in [9.17, 15) is 9.59 Å². The number of benzene rings is 2. The van der Waals surface area contributed by atoms with Crippen LogP contribution in [0.25, 0.3) is 0 Å². The van der Waals surface area contributed by atoms with Gasteiger partial charge in [0.25, 0.3) is 0 Å². The molecule has 2 unspecified atom stereocenters.